The van der Waals surface area contributed by atoms with Crippen LogP contribution in [0.2, 0.25) is 0 Å². The van der Waals surface area contributed by atoms with Gasteiger partial charge >= 0.3 is 0 Å². The summed E-state index contributed by atoms with van der Waals surface area (Å²) in [4.78, 5) is 4.92. The Kier molecular flexibility index (Phi) is 5.14. The third-order valence-corrected chi connectivity index (χ3v) is 5.31. The Balaban J connectivity index is 1.90. The van der Waals surface area contributed by atoms with E-state index in [2.05, 4.69) is 0 Å². The molecule has 0 atom stereocenters. The van der Waals surface area contributed by atoms with Crippen molar-refractivity contribution in [2.24, 2.45) is 0 Å². The van der Waals surface area contributed by atoms with Crippen LogP contribution in [0.25, 0.3) is 22.7 Å². The normalized spacial score (nSPS) is 14.9. The summed E-state index contributed by atoms with van der Waals surface area (Å²) in [5, 5.41) is 0. The van der Waals surface area contributed by atoms with E-state index in [1.165, 1.54) is 19.3 Å². The topological polar surface area (TPSA) is 44.5 Å². The van der Waals surface area contributed by atoms with Crippen molar-refractivity contribution in [1.82, 2.24) is 4.98 Å². The summed E-state index contributed by atoms with van der Waals surface area (Å²) in [6.07, 6.45) is 6.02. The Labute approximate surface area is 160 Å². The van der Waals surface area contributed by atoms with Gasteiger partial charge < -0.3 is 13.9 Å². The van der Waals surface area contributed by atoms with E-state index in [0.717, 1.165) is 46.9 Å². The van der Waals surface area contributed by atoms with Crippen LogP contribution in [0.3, 0.4) is 0 Å². The first kappa shape index (κ1) is 17.7. The number of aromatic nitrogens is 1. The predicted molar refractivity (Wildman–Crippen MR) is 106 cm³/mol. The molecule has 1 aliphatic carbocycles. The number of methoxy groups -OCH3 is 2. The highest BCUT2D eigenvalue weighted by atomic mass is 16.5. The minimum absolute atomic E-state index is 0.383. The van der Waals surface area contributed by atoms with Crippen LogP contribution in [-0.4, -0.2) is 19.2 Å². The summed E-state index contributed by atoms with van der Waals surface area (Å²) in [6, 6.07) is 15.9. The van der Waals surface area contributed by atoms with E-state index in [0.29, 0.717) is 11.8 Å². The van der Waals surface area contributed by atoms with Gasteiger partial charge in [0, 0.05) is 11.5 Å². The second-order valence-electron chi connectivity index (χ2n) is 6.97. The number of hydrogen-bond acceptors (Lipinski definition) is 4. The van der Waals surface area contributed by atoms with Gasteiger partial charge in [0.2, 0.25) is 5.89 Å². The number of hydrogen-bond donors (Lipinski definition) is 0. The van der Waals surface area contributed by atoms with Crippen LogP contribution in [-0.2, 0) is 0 Å². The lowest BCUT2D eigenvalue weighted by Crippen LogP contribution is -2.05. The van der Waals surface area contributed by atoms with E-state index < -0.39 is 0 Å². The molecule has 1 fully saturated rings. The summed E-state index contributed by atoms with van der Waals surface area (Å²) < 4.78 is 17.6. The molecular formula is C23H25NO3. The minimum atomic E-state index is 0.383. The molecule has 4 rings (SSSR count). The first-order valence-electron chi connectivity index (χ1n) is 9.59. The highest BCUT2D eigenvalue weighted by Gasteiger charge is 2.28. The summed E-state index contributed by atoms with van der Waals surface area (Å²) in [5.74, 6) is 3.49. The molecule has 0 amide bonds. The molecule has 3 aromatic rings. The van der Waals surface area contributed by atoms with Gasteiger partial charge in [0.25, 0.3) is 0 Å². The Morgan fingerprint density at radius 1 is 0.852 bits per heavy atom. The van der Waals surface area contributed by atoms with E-state index in [4.69, 9.17) is 18.9 Å². The fraction of sp³-hybridized carbons (Fsp3) is 0.348. The Bertz CT molecular complexity index is 873. The maximum absolute atomic E-state index is 6.37. The van der Waals surface area contributed by atoms with Gasteiger partial charge in [-0.25, -0.2) is 4.98 Å². The van der Waals surface area contributed by atoms with Crippen LogP contribution in [0.15, 0.2) is 52.9 Å². The molecule has 0 radical (unpaired) electrons. The zero-order valence-corrected chi connectivity index (χ0v) is 15.9. The van der Waals surface area contributed by atoms with Crippen molar-refractivity contribution >= 4 is 0 Å². The monoisotopic (exact) mass is 363 g/mol. The number of rotatable bonds is 5. The van der Waals surface area contributed by atoms with Crippen molar-refractivity contribution in [3.8, 4) is 34.2 Å². The third-order valence-electron chi connectivity index (χ3n) is 5.31. The lowest BCUT2D eigenvalue weighted by atomic mass is 9.86. The van der Waals surface area contributed by atoms with Gasteiger partial charge in [-0.1, -0.05) is 43.5 Å². The quantitative estimate of drug-likeness (QED) is 0.551. The SMILES string of the molecule is COc1cccc(OC)c1-c1nc(-c2ccccc2)oc1C1CCCCC1. The van der Waals surface area contributed by atoms with Crippen molar-refractivity contribution in [1.29, 1.82) is 0 Å². The van der Waals surface area contributed by atoms with Crippen molar-refractivity contribution in [3.63, 3.8) is 0 Å². The molecule has 4 nitrogen and oxygen atoms in total. The molecule has 0 aliphatic heterocycles. The molecule has 0 spiro atoms. The van der Waals surface area contributed by atoms with Gasteiger partial charge in [-0.2, -0.15) is 0 Å². The Morgan fingerprint density at radius 2 is 1.52 bits per heavy atom. The Hall–Kier alpha value is -2.75. The van der Waals surface area contributed by atoms with Crippen molar-refractivity contribution in [2.45, 2.75) is 38.0 Å². The summed E-state index contributed by atoms with van der Waals surface area (Å²) in [7, 11) is 3.35. The van der Waals surface area contributed by atoms with Gasteiger partial charge in [-0.3, -0.25) is 0 Å². The van der Waals surface area contributed by atoms with E-state index in [9.17, 15) is 0 Å². The molecule has 1 heterocycles. The molecule has 140 valence electrons. The van der Waals surface area contributed by atoms with Crippen molar-refractivity contribution in [3.05, 3.63) is 54.3 Å². The first-order chi connectivity index (χ1) is 13.3. The van der Waals surface area contributed by atoms with Crippen LogP contribution >= 0.6 is 0 Å². The second-order valence-corrected chi connectivity index (χ2v) is 6.97. The largest absolute Gasteiger partial charge is 0.496 e. The van der Waals surface area contributed by atoms with Crippen molar-refractivity contribution in [2.75, 3.05) is 14.2 Å². The van der Waals surface area contributed by atoms with Crippen LogP contribution in [0.1, 0.15) is 43.8 Å². The lowest BCUT2D eigenvalue weighted by molar-refractivity contribution is 0.377. The van der Waals surface area contributed by atoms with Gasteiger partial charge in [-0.05, 0) is 37.1 Å². The molecule has 4 heteroatoms. The van der Waals surface area contributed by atoms with Gasteiger partial charge in [0.1, 0.15) is 23.0 Å². The molecular weight excluding hydrogens is 338 g/mol. The van der Waals surface area contributed by atoms with Gasteiger partial charge in [0.05, 0.1) is 19.8 Å². The summed E-state index contributed by atoms with van der Waals surface area (Å²) >= 11 is 0. The maximum Gasteiger partial charge on any atom is 0.226 e. The average Bonchev–Trinajstić information content (AvgIpc) is 3.19. The lowest BCUT2D eigenvalue weighted by Gasteiger charge is -2.21. The maximum atomic E-state index is 6.37. The fourth-order valence-corrected chi connectivity index (χ4v) is 3.94. The van der Waals surface area contributed by atoms with E-state index >= 15 is 0 Å². The minimum Gasteiger partial charge on any atom is -0.496 e. The summed E-state index contributed by atoms with van der Waals surface area (Å²) in [6.45, 7) is 0. The fourth-order valence-electron chi connectivity index (χ4n) is 3.94. The molecule has 0 bridgehead atoms. The standard InChI is InChI=1S/C23H25NO3/c1-25-18-14-9-15-19(26-2)20(18)21-22(16-10-5-3-6-11-16)27-23(24-21)17-12-7-4-8-13-17/h4,7-9,12-16H,3,5-6,10-11H2,1-2H3. The molecule has 0 N–H and O–H groups in total. The van der Waals surface area contributed by atoms with Crippen LogP contribution < -0.4 is 9.47 Å². The molecule has 1 aromatic heterocycles. The first-order valence-corrected chi connectivity index (χ1v) is 9.59. The molecule has 1 aliphatic rings. The van der Waals surface area contributed by atoms with Gasteiger partial charge in [-0.15, -0.1) is 0 Å². The number of benzene rings is 2. The molecule has 0 unspecified atom stereocenters. The predicted octanol–water partition coefficient (Wildman–Crippen LogP) is 6.07. The molecule has 1 saturated carbocycles. The van der Waals surface area contributed by atoms with Gasteiger partial charge in [0.15, 0.2) is 0 Å². The van der Waals surface area contributed by atoms with Crippen LogP contribution in [0.5, 0.6) is 11.5 Å². The molecule has 27 heavy (non-hydrogen) atoms. The number of ether oxygens (including phenoxy) is 2. The molecule has 0 saturated heterocycles. The molecule has 2 aromatic carbocycles. The smallest absolute Gasteiger partial charge is 0.226 e. The van der Waals surface area contributed by atoms with Crippen LogP contribution in [0, 0.1) is 0 Å². The Morgan fingerprint density at radius 3 is 2.15 bits per heavy atom. The average molecular weight is 363 g/mol. The zero-order chi connectivity index (χ0) is 18.6. The number of nitrogens with zero attached hydrogens (tertiary/aromatic N) is 1. The highest BCUT2D eigenvalue weighted by Crippen LogP contribution is 2.45. The second kappa shape index (κ2) is 7.87. The zero-order valence-electron chi connectivity index (χ0n) is 15.9. The highest BCUT2D eigenvalue weighted by molar-refractivity contribution is 5.77. The van der Waals surface area contributed by atoms with E-state index in [1.807, 2.05) is 48.5 Å². The van der Waals surface area contributed by atoms with E-state index in [1.54, 1.807) is 14.2 Å². The van der Waals surface area contributed by atoms with Crippen LogP contribution in [0.4, 0.5) is 0 Å². The van der Waals surface area contributed by atoms with Crippen molar-refractivity contribution < 1.29 is 13.9 Å². The third kappa shape index (κ3) is 3.44. The number of oxazole rings is 1. The van der Waals surface area contributed by atoms with E-state index in [-0.39, 0.29) is 0 Å². The summed E-state index contributed by atoms with van der Waals surface area (Å²) in [5.41, 5.74) is 2.69.